The van der Waals surface area contributed by atoms with Gasteiger partial charge in [-0.05, 0) is 49.2 Å². The van der Waals surface area contributed by atoms with Crippen LogP contribution in [0.5, 0.6) is 0 Å². The first-order valence-corrected chi connectivity index (χ1v) is 6.20. The molecule has 1 aliphatic carbocycles. The Morgan fingerprint density at radius 1 is 1.57 bits per heavy atom. The topological polar surface area (TPSA) is 32.3 Å². The van der Waals surface area contributed by atoms with Crippen molar-refractivity contribution < 1.29 is 5.11 Å². The molecule has 1 aliphatic rings. The molecule has 0 radical (unpaired) electrons. The van der Waals surface area contributed by atoms with Gasteiger partial charge in [-0.1, -0.05) is 0 Å². The number of fused-ring (bicyclic) bond motifs is 1. The Bertz CT molecular complexity index is 285. The quantitative estimate of drug-likeness (QED) is 0.748. The molecule has 0 aliphatic heterocycles. The van der Waals surface area contributed by atoms with Crippen LogP contribution in [0, 0.1) is 0 Å². The standard InChI is InChI=1S/C11H17NOS/c13-7-2-6-12-10-3-1-4-11-9(10)5-8-14-11/h5,8,10,12-13H,1-4,6-7H2. The Kier molecular flexibility index (Phi) is 3.56. The monoisotopic (exact) mass is 211 g/mol. The molecule has 14 heavy (non-hydrogen) atoms. The predicted molar refractivity (Wildman–Crippen MR) is 59.7 cm³/mol. The SMILES string of the molecule is OCCCNC1CCCc2sccc21. The normalized spacial score (nSPS) is 20.8. The molecular formula is C11H17NOS. The van der Waals surface area contributed by atoms with Gasteiger partial charge in [-0.25, -0.2) is 0 Å². The van der Waals surface area contributed by atoms with E-state index < -0.39 is 0 Å². The number of aryl methyl sites for hydroxylation is 1. The maximum atomic E-state index is 8.71. The predicted octanol–water partition coefficient (Wildman–Crippen LogP) is 2.10. The van der Waals surface area contributed by atoms with Gasteiger partial charge in [-0.15, -0.1) is 11.3 Å². The maximum absolute atomic E-state index is 8.71. The van der Waals surface area contributed by atoms with Gasteiger partial charge < -0.3 is 10.4 Å². The Morgan fingerprint density at radius 2 is 2.50 bits per heavy atom. The molecule has 0 fully saturated rings. The number of thiophene rings is 1. The number of aliphatic hydroxyl groups is 1. The second kappa shape index (κ2) is 4.91. The van der Waals surface area contributed by atoms with Crippen LogP contribution in [0.25, 0.3) is 0 Å². The van der Waals surface area contributed by atoms with Gasteiger partial charge in [0.1, 0.15) is 0 Å². The molecule has 2 N–H and O–H groups in total. The molecule has 0 amide bonds. The van der Waals surface area contributed by atoms with Crippen molar-refractivity contribution in [1.82, 2.24) is 5.32 Å². The second-order valence-electron chi connectivity index (χ2n) is 3.78. The Balaban J connectivity index is 1.94. The summed E-state index contributed by atoms with van der Waals surface area (Å²) in [5.74, 6) is 0. The van der Waals surface area contributed by atoms with E-state index in [9.17, 15) is 0 Å². The molecule has 3 heteroatoms. The minimum absolute atomic E-state index is 0.288. The van der Waals surface area contributed by atoms with E-state index in [1.165, 1.54) is 24.8 Å². The number of hydrogen-bond donors (Lipinski definition) is 2. The first kappa shape index (κ1) is 10.1. The maximum Gasteiger partial charge on any atom is 0.0443 e. The summed E-state index contributed by atoms with van der Waals surface area (Å²) < 4.78 is 0. The van der Waals surface area contributed by atoms with Crippen molar-refractivity contribution in [2.45, 2.75) is 31.7 Å². The lowest BCUT2D eigenvalue weighted by atomic mass is 9.94. The van der Waals surface area contributed by atoms with Crippen LogP contribution in [-0.2, 0) is 6.42 Å². The molecule has 0 bridgehead atoms. The molecule has 0 saturated heterocycles. The molecule has 1 unspecified atom stereocenters. The minimum atomic E-state index is 0.288. The van der Waals surface area contributed by atoms with Gasteiger partial charge in [0.25, 0.3) is 0 Å². The van der Waals surface area contributed by atoms with E-state index in [0.717, 1.165) is 13.0 Å². The molecular weight excluding hydrogens is 194 g/mol. The molecule has 1 heterocycles. The smallest absolute Gasteiger partial charge is 0.0443 e. The van der Waals surface area contributed by atoms with Gasteiger partial charge in [0, 0.05) is 17.5 Å². The van der Waals surface area contributed by atoms with Gasteiger partial charge in [-0.3, -0.25) is 0 Å². The second-order valence-corrected chi connectivity index (χ2v) is 4.78. The van der Waals surface area contributed by atoms with E-state index in [1.807, 2.05) is 11.3 Å². The Hall–Kier alpha value is -0.380. The Labute approximate surface area is 89.0 Å². The summed E-state index contributed by atoms with van der Waals surface area (Å²) in [4.78, 5) is 1.55. The molecule has 0 aromatic carbocycles. The van der Waals surface area contributed by atoms with Crippen LogP contribution in [-0.4, -0.2) is 18.3 Å². The zero-order valence-electron chi connectivity index (χ0n) is 8.33. The van der Waals surface area contributed by atoms with Crippen LogP contribution >= 0.6 is 11.3 Å². The fourth-order valence-corrected chi connectivity index (χ4v) is 3.04. The summed E-state index contributed by atoms with van der Waals surface area (Å²) in [7, 11) is 0. The number of aliphatic hydroxyl groups excluding tert-OH is 1. The van der Waals surface area contributed by atoms with Gasteiger partial charge in [0.15, 0.2) is 0 Å². The van der Waals surface area contributed by atoms with Gasteiger partial charge in [0.05, 0.1) is 0 Å². The highest BCUT2D eigenvalue weighted by Gasteiger charge is 2.19. The van der Waals surface area contributed by atoms with Crippen molar-refractivity contribution in [3.8, 4) is 0 Å². The minimum Gasteiger partial charge on any atom is -0.396 e. The molecule has 1 atom stereocenters. The van der Waals surface area contributed by atoms with E-state index in [4.69, 9.17) is 5.11 Å². The molecule has 0 spiro atoms. The number of rotatable bonds is 4. The average Bonchev–Trinajstić information content (AvgIpc) is 2.67. The number of nitrogens with one attached hydrogen (secondary N) is 1. The molecule has 1 aromatic rings. The van der Waals surface area contributed by atoms with Crippen LogP contribution in [0.4, 0.5) is 0 Å². The van der Waals surface area contributed by atoms with Crippen LogP contribution in [0.1, 0.15) is 35.7 Å². The third-order valence-corrected chi connectivity index (χ3v) is 3.77. The van der Waals surface area contributed by atoms with Crippen molar-refractivity contribution in [2.24, 2.45) is 0 Å². The first-order chi connectivity index (χ1) is 6.92. The van der Waals surface area contributed by atoms with Crippen LogP contribution in [0.3, 0.4) is 0 Å². The van der Waals surface area contributed by atoms with E-state index in [0.29, 0.717) is 6.04 Å². The van der Waals surface area contributed by atoms with Crippen LogP contribution in [0.2, 0.25) is 0 Å². The zero-order chi connectivity index (χ0) is 9.80. The summed E-state index contributed by atoms with van der Waals surface area (Å²) in [5.41, 5.74) is 1.50. The van der Waals surface area contributed by atoms with Crippen LogP contribution < -0.4 is 5.32 Å². The van der Waals surface area contributed by atoms with Gasteiger partial charge >= 0.3 is 0 Å². The lowest BCUT2D eigenvalue weighted by Gasteiger charge is -2.23. The largest absolute Gasteiger partial charge is 0.396 e. The van der Waals surface area contributed by atoms with Gasteiger partial charge in [-0.2, -0.15) is 0 Å². The molecule has 0 saturated carbocycles. The lowest BCUT2D eigenvalue weighted by molar-refractivity contribution is 0.281. The molecule has 1 aromatic heterocycles. The van der Waals surface area contributed by atoms with Crippen molar-refractivity contribution in [2.75, 3.05) is 13.2 Å². The van der Waals surface area contributed by atoms with Crippen molar-refractivity contribution >= 4 is 11.3 Å². The number of hydrogen-bond acceptors (Lipinski definition) is 3. The fourth-order valence-electron chi connectivity index (χ4n) is 2.05. The third kappa shape index (κ3) is 2.16. The van der Waals surface area contributed by atoms with E-state index in [2.05, 4.69) is 16.8 Å². The van der Waals surface area contributed by atoms with Crippen molar-refractivity contribution in [3.63, 3.8) is 0 Å². The summed E-state index contributed by atoms with van der Waals surface area (Å²) in [6.45, 7) is 1.21. The fraction of sp³-hybridized carbons (Fsp3) is 0.636. The molecule has 2 nitrogen and oxygen atoms in total. The summed E-state index contributed by atoms with van der Waals surface area (Å²) >= 11 is 1.88. The molecule has 78 valence electrons. The Morgan fingerprint density at radius 3 is 3.36 bits per heavy atom. The summed E-state index contributed by atoms with van der Waals surface area (Å²) in [6.07, 6.45) is 4.65. The molecule has 2 rings (SSSR count). The third-order valence-electron chi connectivity index (χ3n) is 2.78. The summed E-state index contributed by atoms with van der Waals surface area (Å²) in [5, 5.41) is 14.4. The highest BCUT2D eigenvalue weighted by Crippen LogP contribution is 2.32. The highest BCUT2D eigenvalue weighted by molar-refractivity contribution is 7.10. The lowest BCUT2D eigenvalue weighted by Crippen LogP contribution is -2.25. The summed E-state index contributed by atoms with van der Waals surface area (Å²) in [6, 6.07) is 2.78. The van der Waals surface area contributed by atoms with Crippen molar-refractivity contribution in [1.29, 1.82) is 0 Å². The zero-order valence-corrected chi connectivity index (χ0v) is 9.15. The average molecular weight is 211 g/mol. The van der Waals surface area contributed by atoms with E-state index in [1.54, 1.807) is 4.88 Å². The van der Waals surface area contributed by atoms with Gasteiger partial charge in [0.2, 0.25) is 0 Å². The van der Waals surface area contributed by atoms with E-state index in [-0.39, 0.29) is 6.61 Å². The first-order valence-electron chi connectivity index (χ1n) is 5.32. The van der Waals surface area contributed by atoms with Crippen LogP contribution in [0.15, 0.2) is 11.4 Å². The van der Waals surface area contributed by atoms with E-state index >= 15 is 0 Å². The van der Waals surface area contributed by atoms with Crippen molar-refractivity contribution in [3.05, 3.63) is 21.9 Å². The highest BCUT2D eigenvalue weighted by atomic mass is 32.1.